The van der Waals surface area contributed by atoms with E-state index in [1.165, 1.54) is 0 Å². The topological polar surface area (TPSA) is 85.4 Å². The first-order valence-electron chi connectivity index (χ1n) is 12.4. The van der Waals surface area contributed by atoms with Gasteiger partial charge < -0.3 is 24.0 Å². The van der Waals surface area contributed by atoms with Gasteiger partial charge in [-0.25, -0.2) is 4.79 Å². The third-order valence-corrected chi connectivity index (χ3v) is 7.02. The summed E-state index contributed by atoms with van der Waals surface area (Å²) in [6.45, 7) is 2.06. The van der Waals surface area contributed by atoms with Crippen LogP contribution in [-0.4, -0.2) is 61.6 Å². The van der Waals surface area contributed by atoms with Gasteiger partial charge in [0.2, 0.25) is 0 Å². The van der Waals surface area contributed by atoms with Gasteiger partial charge in [-0.05, 0) is 41.5 Å². The zero-order valence-electron chi connectivity index (χ0n) is 20.2. The molecule has 188 valence electrons. The molecule has 0 spiro atoms. The van der Waals surface area contributed by atoms with Crippen LogP contribution >= 0.6 is 0 Å². The first-order valence-corrected chi connectivity index (χ1v) is 12.4. The third-order valence-electron chi connectivity index (χ3n) is 7.02. The zero-order chi connectivity index (χ0) is 25.4. The Morgan fingerprint density at radius 3 is 2.43 bits per heavy atom. The fourth-order valence-corrected chi connectivity index (χ4v) is 5.08. The van der Waals surface area contributed by atoms with Gasteiger partial charge in [0.05, 0.1) is 31.0 Å². The van der Waals surface area contributed by atoms with Gasteiger partial charge in [-0.1, -0.05) is 42.5 Å². The van der Waals surface area contributed by atoms with Crippen LogP contribution in [0.25, 0.3) is 0 Å². The van der Waals surface area contributed by atoms with Crippen molar-refractivity contribution in [1.29, 1.82) is 0 Å². The Bertz CT molecular complexity index is 1350. The van der Waals surface area contributed by atoms with Crippen molar-refractivity contribution in [3.8, 4) is 5.75 Å². The molecule has 37 heavy (non-hydrogen) atoms. The van der Waals surface area contributed by atoms with Crippen molar-refractivity contribution in [3.63, 3.8) is 0 Å². The number of carbonyl (C=O) groups excluding carboxylic acids is 3. The first kappa shape index (κ1) is 23.2. The number of morpholine rings is 1. The van der Waals surface area contributed by atoms with Crippen LogP contribution in [-0.2, 0) is 20.7 Å². The van der Waals surface area contributed by atoms with Gasteiger partial charge in [-0.2, -0.15) is 0 Å². The molecule has 3 aliphatic heterocycles. The number of fused-ring (bicyclic) bond motifs is 2. The van der Waals surface area contributed by atoms with Gasteiger partial charge in [0.1, 0.15) is 11.9 Å². The molecule has 3 aromatic carbocycles. The molecule has 0 saturated carbocycles. The smallest absolute Gasteiger partial charge is 0.339 e. The van der Waals surface area contributed by atoms with Gasteiger partial charge in [0.25, 0.3) is 11.8 Å². The molecular weight excluding hydrogens is 472 g/mol. The molecule has 1 fully saturated rings. The number of rotatable bonds is 3. The molecule has 0 N–H and O–H groups in total. The van der Waals surface area contributed by atoms with Crippen LogP contribution in [0.3, 0.4) is 0 Å². The minimum atomic E-state index is -0.813. The second-order valence-electron chi connectivity index (χ2n) is 9.31. The number of cyclic esters (lactones) is 1. The van der Waals surface area contributed by atoms with E-state index in [9.17, 15) is 14.4 Å². The molecule has 0 aromatic heterocycles. The van der Waals surface area contributed by atoms with E-state index in [-0.39, 0.29) is 18.4 Å². The molecule has 2 amide bonds. The van der Waals surface area contributed by atoms with E-state index < -0.39 is 18.2 Å². The molecule has 3 aromatic rings. The Balaban J connectivity index is 1.29. The highest BCUT2D eigenvalue weighted by Crippen LogP contribution is 2.36. The number of hydrogen-bond donors (Lipinski definition) is 0. The Morgan fingerprint density at radius 2 is 1.62 bits per heavy atom. The summed E-state index contributed by atoms with van der Waals surface area (Å²) in [7, 11) is 0. The van der Waals surface area contributed by atoms with Crippen molar-refractivity contribution < 1.29 is 28.6 Å². The van der Waals surface area contributed by atoms with E-state index in [4.69, 9.17) is 14.2 Å². The van der Waals surface area contributed by atoms with Gasteiger partial charge in [0.15, 0.2) is 6.10 Å². The van der Waals surface area contributed by atoms with Crippen LogP contribution in [0, 0.1) is 0 Å². The highest BCUT2D eigenvalue weighted by Gasteiger charge is 2.37. The summed E-state index contributed by atoms with van der Waals surface area (Å²) in [6, 6.07) is 21.9. The SMILES string of the molecule is O=C1O[C@H](c2ccccc2)Cc2cc(C(=O)N3C[C@H](C(=O)N4CCOCC4)Oc4ccccc43)ccc21. The van der Waals surface area contributed by atoms with Crippen LogP contribution < -0.4 is 9.64 Å². The summed E-state index contributed by atoms with van der Waals surface area (Å²) in [6.07, 6.45) is -0.748. The molecule has 6 rings (SSSR count). The largest absolute Gasteiger partial charge is 0.476 e. The molecule has 0 unspecified atom stereocenters. The minimum Gasteiger partial charge on any atom is -0.476 e. The van der Waals surface area contributed by atoms with E-state index in [2.05, 4.69) is 0 Å². The molecule has 8 heteroatoms. The molecule has 3 heterocycles. The molecular formula is C29H26N2O6. The van der Waals surface area contributed by atoms with Crippen molar-refractivity contribution in [1.82, 2.24) is 4.90 Å². The number of hydrogen-bond acceptors (Lipinski definition) is 6. The number of ether oxygens (including phenoxy) is 3. The lowest BCUT2D eigenvalue weighted by atomic mass is 9.93. The van der Waals surface area contributed by atoms with Crippen LogP contribution in [0.4, 0.5) is 5.69 Å². The van der Waals surface area contributed by atoms with Crippen molar-refractivity contribution in [2.24, 2.45) is 0 Å². The molecule has 0 bridgehead atoms. The van der Waals surface area contributed by atoms with Crippen molar-refractivity contribution in [2.45, 2.75) is 18.6 Å². The minimum absolute atomic E-state index is 0.0950. The van der Waals surface area contributed by atoms with Crippen LogP contribution in [0.1, 0.15) is 37.9 Å². The Morgan fingerprint density at radius 1 is 0.865 bits per heavy atom. The molecule has 3 aliphatic rings. The van der Waals surface area contributed by atoms with Gasteiger partial charge in [0, 0.05) is 25.1 Å². The number of anilines is 1. The third kappa shape index (κ3) is 4.44. The molecule has 2 atom stereocenters. The highest BCUT2D eigenvalue weighted by atomic mass is 16.5. The fraction of sp³-hybridized carbons (Fsp3) is 0.276. The monoisotopic (exact) mass is 498 g/mol. The summed E-state index contributed by atoms with van der Waals surface area (Å²) in [4.78, 5) is 43.1. The number of benzene rings is 3. The summed E-state index contributed by atoms with van der Waals surface area (Å²) in [5, 5.41) is 0. The molecule has 8 nitrogen and oxygen atoms in total. The van der Waals surface area contributed by atoms with E-state index in [1.807, 2.05) is 48.5 Å². The Hall–Kier alpha value is -4.17. The van der Waals surface area contributed by atoms with Gasteiger partial charge in [-0.3, -0.25) is 9.59 Å². The summed E-state index contributed by atoms with van der Waals surface area (Å²) >= 11 is 0. The fourth-order valence-electron chi connectivity index (χ4n) is 5.08. The summed E-state index contributed by atoms with van der Waals surface area (Å²) in [5.41, 5.74) is 3.18. The van der Waals surface area contributed by atoms with Crippen LogP contribution in [0.15, 0.2) is 72.8 Å². The predicted octanol–water partition coefficient (Wildman–Crippen LogP) is 3.41. The van der Waals surface area contributed by atoms with Crippen molar-refractivity contribution in [2.75, 3.05) is 37.7 Å². The first-order chi connectivity index (χ1) is 18.1. The second kappa shape index (κ2) is 9.71. The van der Waals surface area contributed by atoms with E-state index >= 15 is 0 Å². The standard InChI is InChI=1S/C29H26N2O6/c32-27(20-10-11-22-21(16-20)17-25(37-29(22)34)19-6-2-1-3-7-19)31-18-26(28(33)30-12-14-35-15-13-30)36-24-9-5-4-8-23(24)31/h1-11,16,25-26H,12-15,17-18H2/t25-,26+/m0/s1. The molecule has 0 radical (unpaired) electrons. The van der Waals surface area contributed by atoms with Gasteiger partial charge >= 0.3 is 5.97 Å². The zero-order valence-corrected chi connectivity index (χ0v) is 20.2. The lowest BCUT2D eigenvalue weighted by molar-refractivity contribution is -0.142. The van der Waals surface area contributed by atoms with E-state index in [0.717, 1.165) is 11.1 Å². The Labute approximate surface area is 214 Å². The molecule has 1 saturated heterocycles. The van der Waals surface area contributed by atoms with Crippen molar-refractivity contribution >= 4 is 23.5 Å². The maximum atomic E-state index is 13.8. The number of esters is 1. The lowest BCUT2D eigenvalue weighted by Gasteiger charge is -2.37. The number of para-hydroxylation sites is 2. The predicted molar refractivity (Wildman–Crippen MR) is 135 cm³/mol. The maximum Gasteiger partial charge on any atom is 0.339 e. The van der Waals surface area contributed by atoms with Crippen molar-refractivity contribution in [3.05, 3.63) is 95.1 Å². The summed E-state index contributed by atoms with van der Waals surface area (Å²) in [5.74, 6) is -0.329. The van der Waals surface area contributed by atoms with Crippen LogP contribution in [0.5, 0.6) is 5.75 Å². The van der Waals surface area contributed by atoms with Crippen LogP contribution in [0.2, 0.25) is 0 Å². The average molecular weight is 499 g/mol. The second-order valence-corrected chi connectivity index (χ2v) is 9.31. The highest BCUT2D eigenvalue weighted by molar-refractivity contribution is 6.08. The quantitative estimate of drug-likeness (QED) is 0.515. The Kier molecular flexibility index (Phi) is 6.10. The summed E-state index contributed by atoms with van der Waals surface area (Å²) < 4.78 is 17.1. The average Bonchev–Trinajstić information content (AvgIpc) is 2.96. The van der Waals surface area contributed by atoms with Gasteiger partial charge in [-0.15, -0.1) is 0 Å². The van der Waals surface area contributed by atoms with E-state index in [0.29, 0.717) is 55.3 Å². The van der Waals surface area contributed by atoms with E-state index in [1.54, 1.807) is 34.1 Å². The number of carbonyl (C=O) groups is 3. The maximum absolute atomic E-state index is 13.8. The normalized spacial score (nSPS) is 20.8. The number of amides is 2. The number of nitrogens with zero attached hydrogens (tertiary/aromatic N) is 2. The molecule has 0 aliphatic carbocycles. The lowest BCUT2D eigenvalue weighted by Crippen LogP contribution is -2.54.